The maximum atomic E-state index is 15.7. The molecule has 146 valence electrons. The third kappa shape index (κ3) is 3.54. The molecule has 1 aliphatic rings. The largest absolute Gasteiger partial charge is 0.337 e. The van der Waals surface area contributed by atoms with Crippen LogP contribution < -0.4 is 0 Å². The summed E-state index contributed by atoms with van der Waals surface area (Å²) in [4.78, 5) is 18.5. The van der Waals surface area contributed by atoms with E-state index in [1.165, 1.54) is 4.90 Å². The molecule has 7 nitrogen and oxygen atoms in total. The van der Waals surface area contributed by atoms with Crippen LogP contribution in [0.1, 0.15) is 30.1 Å². The molecule has 28 heavy (non-hydrogen) atoms. The fourth-order valence-corrected chi connectivity index (χ4v) is 3.57. The second-order valence-electron chi connectivity index (χ2n) is 7.26. The number of rotatable bonds is 4. The van der Waals surface area contributed by atoms with Gasteiger partial charge in [-0.25, -0.2) is 4.39 Å². The number of hydrogen-bond acceptors (Lipinski definition) is 5. The SMILES string of the molecule is Cc1cc(C)n(CC(=O)N2CCCC(F)(c3nc(-c4ccccc4)no3)C2)n1. The molecule has 1 unspecified atom stereocenters. The fourth-order valence-electron chi connectivity index (χ4n) is 3.57. The Morgan fingerprint density at radius 2 is 2.07 bits per heavy atom. The van der Waals surface area contributed by atoms with Crippen molar-refractivity contribution in [3.05, 3.63) is 53.7 Å². The Hall–Kier alpha value is -3.03. The maximum Gasteiger partial charge on any atom is 0.266 e. The Bertz CT molecular complexity index is 984. The van der Waals surface area contributed by atoms with Crippen LogP contribution in [-0.4, -0.2) is 43.8 Å². The van der Waals surface area contributed by atoms with Crippen molar-refractivity contribution in [2.75, 3.05) is 13.1 Å². The minimum absolute atomic E-state index is 0.0741. The molecule has 1 aromatic carbocycles. The molecule has 3 heterocycles. The van der Waals surface area contributed by atoms with E-state index in [0.29, 0.717) is 18.8 Å². The molecule has 2 aromatic heterocycles. The fraction of sp³-hybridized carbons (Fsp3) is 0.400. The molecule has 4 rings (SSSR count). The summed E-state index contributed by atoms with van der Waals surface area (Å²) < 4.78 is 22.5. The van der Waals surface area contributed by atoms with Crippen molar-refractivity contribution < 1.29 is 13.7 Å². The lowest BCUT2D eigenvalue weighted by molar-refractivity contribution is -0.137. The molecule has 0 aliphatic carbocycles. The van der Waals surface area contributed by atoms with E-state index < -0.39 is 5.67 Å². The van der Waals surface area contributed by atoms with Crippen molar-refractivity contribution in [1.29, 1.82) is 0 Å². The number of carbonyl (C=O) groups excluding carboxylic acids is 1. The van der Waals surface area contributed by atoms with Gasteiger partial charge in [-0.1, -0.05) is 35.5 Å². The Kier molecular flexibility index (Phi) is 4.70. The molecular weight excluding hydrogens is 361 g/mol. The van der Waals surface area contributed by atoms with Crippen molar-refractivity contribution in [3.63, 3.8) is 0 Å². The van der Waals surface area contributed by atoms with Gasteiger partial charge in [-0.15, -0.1) is 0 Å². The second kappa shape index (κ2) is 7.18. The van der Waals surface area contributed by atoms with Gasteiger partial charge in [0, 0.05) is 17.8 Å². The molecule has 1 saturated heterocycles. The zero-order chi connectivity index (χ0) is 19.7. The van der Waals surface area contributed by atoms with E-state index in [0.717, 1.165) is 17.0 Å². The highest BCUT2D eigenvalue weighted by molar-refractivity contribution is 5.76. The number of halogens is 1. The lowest BCUT2D eigenvalue weighted by atomic mass is 9.94. The molecule has 0 bridgehead atoms. The van der Waals surface area contributed by atoms with Gasteiger partial charge in [-0.05, 0) is 32.8 Å². The number of amides is 1. The monoisotopic (exact) mass is 383 g/mol. The zero-order valence-electron chi connectivity index (χ0n) is 15.9. The average Bonchev–Trinajstić information content (AvgIpc) is 3.30. The lowest BCUT2D eigenvalue weighted by Crippen LogP contribution is -2.47. The zero-order valence-corrected chi connectivity index (χ0v) is 15.9. The van der Waals surface area contributed by atoms with Gasteiger partial charge in [0.2, 0.25) is 17.4 Å². The number of nitrogens with zero attached hydrogens (tertiary/aromatic N) is 5. The van der Waals surface area contributed by atoms with Crippen molar-refractivity contribution >= 4 is 5.91 Å². The van der Waals surface area contributed by atoms with Crippen LogP contribution in [0.3, 0.4) is 0 Å². The van der Waals surface area contributed by atoms with E-state index in [1.54, 1.807) is 4.68 Å². The van der Waals surface area contributed by atoms with E-state index in [9.17, 15) is 4.79 Å². The Morgan fingerprint density at radius 1 is 1.29 bits per heavy atom. The molecule has 1 aliphatic heterocycles. The van der Waals surface area contributed by atoms with Gasteiger partial charge in [0.05, 0.1) is 12.2 Å². The first-order valence-corrected chi connectivity index (χ1v) is 9.32. The van der Waals surface area contributed by atoms with E-state index in [2.05, 4.69) is 15.2 Å². The molecule has 0 saturated carbocycles. The van der Waals surface area contributed by atoms with Crippen molar-refractivity contribution in [3.8, 4) is 11.4 Å². The molecule has 1 amide bonds. The van der Waals surface area contributed by atoms with Crippen LogP contribution in [0.4, 0.5) is 4.39 Å². The Balaban J connectivity index is 1.50. The van der Waals surface area contributed by atoms with Crippen LogP contribution in [0.15, 0.2) is 40.9 Å². The van der Waals surface area contributed by atoms with Gasteiger partial charge < -0.3 is 9.42 Å². The Labute approximate surface area is 162 Å². The van der Waals surface area contributed by atoms with E-state index in [-0.39, 0.29) is 31.3 Å². The van der Waals surface area contributed by atoms with Crippen molar-refractivity contribution in [1.82, 2.24) is 24.8 Å². The summed E-state index contributed by atoms with van der Waals surface area (Å²) in [6.07, 6.45) is 0.773. The molecule has 0 spiro atoms. The first-order valence-electron chi connectivity index (χ1n) is 9.32. The number of likely N-dealkylation sites (tertiary alicyclic amines) is 1. The molecule has 0 radical (unpaired) electrons. The molecule has 1 fully saturated rings. The number of aryl methyl sites for hydroxylation is 2. The summed E-state index contributed by atoms with van der Waals surface area (Å²) in [5, 5.41) is 8.23. The van der Waals surface area contributed by atoms with Gasteiger partial charge in [0.1, 0.15) is 6.54 Å². The topological polar surface area (TPSA) is 77.0 Å². The van der Waals surface area contributed by atoms with Crippen LogP contribution in [0.2, 0.25) is 0 Å². The van der Waals surface area contributed by atoms with Crippen molar-refractivity contribution in [2.24, 2.45) is 0 Å². The molecular formula is C20H22FN5O2. The van der Waals surface area contributed by atoms with Crippen molar-refractivity contribution in [2.45, 2.75) is 38.9 Å². The summed E-state index contributed by atoms with van der Waals surface area (Å²) >= 11 is 0. The average molecular weight is 383 g/mol. The quantitative estimate of drug-likeness (QED) is 0.692. The number of carbonyl (C=O) groups is 1. The number of aromatic nitrogens is 4. The lowest BCUT2D eigenvalue weighted by Gasteiger charge is -2.35. The highest BCUT2D eigenvalue weighted by Crippen LogP contribution is 2.35. The summed E-state index contributed by atoms with van der Waals surface area (Å²) in [5.41, 5.74) is 0.666. The van der Waals surface area contributed by atoms with Crippen LogP contribution in [0.25, 0.3) is 11.4 Å². The van der Waals surface area contributed by atoms with Gasteiger partial charge in [-0.3, -0.25) is 9.48 Å². The predicted molar refractivity (Wildman–Crippen MR) is 100 cm³/mol. The van der Waals surface area contributed by atoms with Gasteiger partial charge >= 0.3 is 0 Å². The third-order valence-electron chi connectivity index (χ3n) is 5.02. The smallest absolute Gasteiger partial charge is 0.266 e. The molecule has 3 aromatic rings. The highest BCUT2D eigenvalue weighted by atomic mass is 19.1. The number of alkyl halides is 1. The summed E-state index contributed by atoms with van der Waals surface area (Å²) in [5.74, 6) is 0.101. The minimum Gasteiger partial charge on any atom is -0.337 e. The minimum atomic E-state index is -1.84. The highest BCUT2D eigenvalue weighted by Gasteiger charge is 2.43. The van der Waals surface area contributed by atoms with Crippen LogP contribution in [0.5, 0.6) is 0 Å². The summed E-state index contributed by atoms with van der Waals surface area (Å²) in [6.45, 7) is 4.27. The summed E-state index contributed by atoms with van der Waals surface area (Å²) in [6, 6.07) is 11.2. The predicted octanol–water partition coefficient (Wildman–Crippen LogP) is 3.04. The molecule has 1 atom stereocenters. The van der Waals surface area contributed by atoms with Crippen LogP contribution in [0, 0.1) is 13.8 Å². The third-order valence-corrected chi connectivity index (χ3v) is 5.02. The van der Waals surface area contributed by atoms with Gasteiger partial charge in [0.15, 0.2) is 0 Å². The second-order valence-corrected chi connectivity index (χ2v) is 7.26. The Morgan fingerprint density at radius 3 is 2.79 bits per heavy atom. The number of piperidine rings is 1. The first-order chi connectivity index (χ1) is 13.4. The van der Waals surface area contributed by atoms with Gasteiger partial charge in [0.25, 0.3) is 5.89 Å². The standard InChI is InChI=1S/C20H22FN5O2/c1-14-11-15(2)26(23-14)12-17(27)25-10-6-9-20(21,13-25)19-22-18(24-28-19)16-7-4-3-5-8-16/h3-5,7-8,11H,6,9-10,12-13H2,1-2H3. The number of hydrogen-bond donors (Lipinski definition) is 0. The van der Waals surface area contributed by atoms with Gasteiger partial charge in [-0.2, -0.15) is 10.1 Å². The van der Waals surface area contributed by atoms with E-state index in [4.69, 9.17) is 4.52 Å². The van der Waals surface area contributed by atoms with Crippen LogP contribution >= 0.6 is 0 Å². The molecule has 0 N–H and O–H groups in total. The van der Waals surface area contributed by atoms with E-state index >= 15 is 4.39 Å². The maximum absolute atomic E-state index is 15.7. The van der Waals surface area contributed by atoms with E-state index in [1.807, 2.05) is 50.2 Å². The normalized spacial score (nSPS) is 19.8. The summed E-state index contributed by atoms with van der Waals surface area (Å²) in [7, 11) is 0. The number of benzene rings is 1. The molecule has 8 heteroatoms. The first kappa shape index (κ1) is 18.3. The van der Waals surface area contributed by atoms with Crippen LogP contribution in [-0.2, 0) is 17.0 Å².